The van der Waals surface area contributed by atoms with Crippen molar-refractivity contribution < 1.29 is 24.0 Å². The van der Waals surface area contributed by atoms with Crippen LogP contribution in [0.1, 0.15) is 15.9 Å². The van der Waals surface area contributed by atoms with Gasteiger partial charge in [-0.2, -0.15) is 5.01 Å². The SMILES string of the molecule is COc1ccc(C(=O)NN2C(=O)C(=Cc3ccc(OC)c([N+](=O)[O-])c3)SC2=S)cc1. The molecule has 3 rings (SSSR count). The number of benzene rings is 2. The van der Waals surface area contributed by atoms with E-state index < -0.39 is 16.7 Å². The van der Waals surface area contributed by atoms with Crippen molar-refractivity contribution in [3.63, 3.8) is 0 Å². The maximum Gasteiger partial charge on any atom is 0.311 e. The van der Waals surface area contributed by atoms with Crippen LogP contribution in [0.25, 0.3) is 6.08 Å². The van der Waals surface area contributed by atoms with Gasteiger partial charge in [0.25, 0.3) is 11.8 Å². The second-order valence-corrected chi connectivity index (χ2v) is 7.55. The van der Waals surface area contributed by atoms with E-state index in [-0.39, 0.29) is 20.7 Å². The summed E-state index contributed by atoms with van der Waals surface area (Å²) in [5.41, 5.74) is 2.98. The number of nitro benzene ring substituents is 1. The van der Waals surface area contributed by atoms with Crippen molar-refractivity contribution in [3.8, 4) is 11.5 Å². The zero-order valence-corrected chi connectivity index (χ0v) is 17.4. The Hall–Kier alpha value is -3.44. The van der Waals surface area contributed by atoms with Crippen molar-refractivity contribution in [1.82, 2.24) is 10.4 Å². The molecule has 0 atom stereocenters. The standard InChI is InChI=1S/C19H15N3O6S2/c1-27-13-6-4-12(5-7-13)17(23)20-21-18(24)16(30-19(21)29)10-11-3-8-15(28-2)14(9-11)22(25)26/h3-10H,1-2H3,(H,20,23). The summed E-state index contributed by atoms with van der Waals surface area (Å²) in [6.07, 6.45) is 1.46. The maximum atomic E-state index is 12.7. The Kier molecular flexibility index (Phi) is 6.33. The molecule has 1 saturated heterocycles. The third-order valence-electron chi connectivity index (χ3n) is 4.06. The Morgan fingerprint density at radius 1 is 1.20 bits per heavy atom. The van der Waals surface area contributed by atoms with E-state index in [2.05, 4.69) is 5.43 Å². The Balaban J connectivity index is 1.79. The van der Waals surface area contributed by atoms with Gasteiger partial charge in [0.05, 0.1) is 24.0 Å². The van der Waals surface area contributed by atoms with Gasteiger partial charge in [0.1, 0.15) is 5.75 Å². The van der Waals surface area contributed by atoms with E-state index in [4.69, 9.17) is 21.7 Å². The molecule has 1 heterocycles. The number of carbonyl (C=O) groups excluding carboxylic acids is 2. The number of nitrogens with one attached hydrogen (secondary N) is 1. The summed E-state index contributed by atoms with van der Waals surface area (Å²) >= 11 is 6.17. The minimum atomic E-state index is -0.573. The van der Waals surface area contributed by atoms with Crippen molar-refractivity contribution in [2.75, 3.05) is 14.2 Å². The Labute approximate surface area is 180 Å². The van der Waals surface area contributed by atoms with Crippen LogP contribution in [-0.2, 0) is 4.79 Å². The Morgan fingerprint density at radius 3 is 2.50 bits per heavy atom. The summed E-state index contributed by atoms with van der Waals surface area (Å²) in [5, 5.41) is 12.2. The van der Waals surface area contributed by atoms with Crippen LogP contribution in [0.15, 0.2) is 47.4 Å². The van der Waals surface area contributed by atoms with Crippen molar-refractivity contribution in [2.45, 2.75) is 0 Å². The predicted molar refractivity (Wildman–Crippen MR) is 115 cm³/mol. The molecule has 0 unspecified atom stereocenters. The number of hydrogen-bond acceptors (Lipinski definition) is 8. The van der Waals surface area contributed by atoms with Gasteiger partial charge < -0.3 is 9.47 Å². The van der Waals surface area contributed by atoms with Gasteiger partial charge in [-0.1, -0.05) is 17.8 Å². The fourth-order valence-corrected chi connectivity index (χ4v) is 3.74. The molecule has 1 aliphatic heterocycles. The second kappa shape index (κ2) is 8.93. The zero-order chi connectivity index (χ0) is 21.8. The van der Waals surface area contributed by atoms with Crippen molar-refractivity contribution in [1.29, 1.82) is 0 Å². The van der Waals surface area contributed by atoms with Crippen LogP contribution in [0.2, 0.25) is 0 Å². The number of rotatable bonds is 6. The minimum absolute atomic E-state index is 0.108. The van der Waals surface area contributed by atoms with Crippen LogP contribution in [0.5, 0.6) is 11.5 Å². The number of hydrazine groups is 1. The van der Waals surface area contributed by atoms with Gasteiger partial charge in [0.2, 0.25) is 0 Å². The van der Waals surface area contributed by atoms with Gasteiger partial charge in [-0.05, 0) is 54.2 Å². The average Bonchev–Trinajstić information content (AvgIpc) is 3.00. The zero-order valence-electron chi connectivity index (χ0n) is 15.8. The molecule has 0 radical (unpaired) electrons. The lowest BCUT2D eigenvalue weighted by molar-refractivity contribution is -0.385. The average molecular weight is 445 g/mol. The molecule has 1 aliphatic rings. The van der Waals surface area contributed by atoms with Crippen LogP contribution in [0, 0.1) is 10.1 Å². The summed E-state index contributed by atoms with van der Waals surface area (Å²) in [5.74, 6) is -0.356. The van der Waals surface area contributed by atoms with Crippen LogP contribution in [0.3, 0.4) is 0 Å². The number of thiocarbonyl (C=S) groups is 1. The van der Waals surface area contributed by atoms with E-state index in [9.17, 15) is 19.7 Å². The van der Waals surface area contributed by atoms with Gasteiger partial charge in [0, 0.05) is 11.6 Å². The number of nitro groups is 1. The first-order chi connectivity index (χ1) is 14.3. The van der Waals surface area contributed by atoms with Crippen LogP contribution in [-0.4, -0.2) is 40.3 Å². The molecule has 0 aromatic heterocycles. The number of carbonyl (C=O) groups is 2. The highest BCUT2D eigenvalue weighted by Crippen LogP contribution is 2.34. The minimum Gasteiger partial charge on any atom is -0.497 e. The molecule has 1 fully saturated rings. The number of thioether (sulfide) groups is 1. The van der Waals surface area contributed by atoms with Crippen molar-refractivity contribution in [2.24, 2.45) is 0 Å². The van der Waals surface area contributed by atoms with Gasteiger partial charge in [-0.3, -0.25) is 25.1 Å². The number of amides is 2. The molecule has 2 amide bonds. The molecule has 154 valence electrons. The van der Waals surface area contributed by atoms with Gasteiger partial charge in [-0.15, -0.1) is 0 Å². The largest absolute Gasteiger partial charge is 0.497 e. The van der Waals surface area contributed by atoms with E-state index in [1.54, 1.807) is 30.3 Å². The highest BCUT2D eigenvalue weighted by molar-refractivity contribution is 8.26. The second-order valence-electron chi connectivity index (χ2n) is 5.87. The molecule has 2 aromatic carbocycles. The first-order valence-electron chi connectivity index (χ1n) is 8.39. The van der Waals surface area contributed by atoms with E-state index >= 15 is 0 Å². The summed E-state index contributed by atoms with van der Waals surface area (Å²) in [6, 6.07) is 10.7. The monoisotopic (exact) mass is 445 g/mol. The van der Waals surface area contributed by atoms with E-state index in [0.29, 0.717) is 16.9 Å². The molecule has 0 spiro atoms. The van der Waals surface area contributed by atoms with Crippen LogP contribution >= 0.6 is 24.0 Å². The first kappa shape index (κ1) is 21.3. The lowest BCUT2D eigenvalue weighted by atomic mass is 10.1. The first-order valence-corrected chi connectivity index (χ1v) is 9.62. The van der Waals surface area contributed by atoms with Gasteiger partial charge in [-0.25, -0.2) is 0 Å². The molecular weight excluding hydrogens is 430 g/mol. The molecule has 0 bridgehead atoms. The molecule has 11 heteroatoms. The fraction of sp³-hybridized carbons (Fsp3) is 0.105. The highest BCUT2D eigenvalue weighted by Gasteiger charge is 2.34. The number of ether oxygens (including phenoxy) is 2. The third kappa shape index (κ3) is 4.42. The Bertz CT molecular complexity index is 1070. The topological polar surface area (TPSA) is 111 Å². The van der Waals surface area contributed by atoms with Crippen LogP contribution < -0.4 is 14.9 Å². The summed E-state index contributed by atoms with van der Waals surface area (Å²) < 4.78 is 10.2. The smallest absolute Gasteiger partial charge is 0.311 e. The normalized spacial score (nSPS) is 14.7. The van der Waals surface area contributed by atoms with Crippen LogP contribution in [0.4, 0.5) is 5.69 Å². The molecule has 2 aromatic rings. The van der Waals surface area contributed by atoms with E-state index in [1.165, 1.54) is 32.4 Å². The summed E-state index contributed by atoms with van der Waals surface area (Å²) in [7, 11) is 2.84. The molecule has 0 saturated carbocycles. The molecule has 30 heavy (non-hydrogen) atoms. The highest BCUT2D eigenvalue weighted by atomic mass is 32.2. The number of hydrogen-bond donors (Lipinski definition) is 1. The van der Waals surface area contributed by atoms with Gasteiger partial charge >= 0.3 is 5.69 Å². The lowest BCUT2D eigenvalue weighted by Gasteiger charge is -2.15. The maximum absolute atomic E-state index is 12.7. The summed E-state index contributed by atoms with van der Waals surface area (Å²) in [4.78, 5) is 35.9. The Morgan fingerprint density at radius 2 is 1.90 bits per heavy atom. The molecule has 1 N–H and O–H groups in total. The van der Waals surface area contributed by atoms with Crippen molar-refractivity contribution >= 4 is 51.9 Å². The number of nitrogens with zero attached hydrogens (tertiary/aromatic N) is 2. The molecule has 9 nitrogen and oxygen atoms in total. The molecule has 0 aliphatic carbocycles. The lowest BCUT2D eigenvalue weighted by Crippen LogP contribution is -2.44. The molecular formula is C19H15N3O6S2. The predicted octanol–water partition coefficient (Wildman–Crippen LogP) is 3.16. The van der Waals surface area contributed by atoms with E-state index in [1.807, 2.05) is 0 Å². The quantitative estimate of drug-likeness (QED) is 0.312. The van der Waals surface area contributed by atoms with Crippen molar-refractivity contribution in [3.05, 3.63) is 68.6 Å². The number of methoxy groups -OCH3 is 2. The summed E-state index contributed by atoms with van der Waals surface area (Å²) in [6.45, 7) is 0. The fourth-order valence-electron chi connectivity index (χ4n) is 2.56. The van der Waals surface area contributed by atoms with Gasteiger partial charge in [0.15, 0.2) is 10.1 Å². The third-order valence-corrected chi connectivity index (χ3v) is 5.36. The van der Waals surface area contributed by atoms with E-state index in [0.717, 1.165) is 16.8 Å².